The van der Waals surface area contributed by atoms with E-state index in [0.29, 0.717) is 0 Å². The lowest BCUT2D eigenvalue weighted by Gasteiger charge is -2.27. The van der Waals surface area contributed by atoms with E-state index in [2.05, 4.69) is 5.32 Å². The summed E-state index contributed by atoms with van der Waals surface area (Å²) in [7, 11) is 0. The van der Waals surface area contributed by atoms with Gasteiger partial charge in [0.1, 0.15) is 0 Å². The minimum Gasteiger partial charge on any atom is -0.396 e. The maximum absolute atomic E-state index is 11.0. The van der Waals surface area contributed by atoms with Crippen LogP contribution in [0.1, 0.15) is 39.0 Å². The second kappa shape index (κ2) is 2.71. The van der Waals surface area contributed by atoms with Crippen molar-refractivity contribution in [3.05, 3.63) is 0 Å². The van der Waals surface area contributed by atoms with Crippen molar-refractivity contribution in [1.29, 1.82) is 0 Å². The number of fused-ring (bicyclic) bond motifs is 2. The van der Waals surface area contributed by atoms with Crippen LogP contribution in [0.15, 0.2) is 0 Å². The van der Waals surface area contributed by atoms with E-state index < -0.39 is 0 Å². The average Bonchev–Trinajstić information content (AvgIpc) is 2.59. The molecule has 0 aromatic rings. The Bertz CT molecular complexity index is 229. The lowest BCUT2D eigenvalue weighted by molar-refractivity contribution is -0.120. The zero-order chi connectivity index (χ0) is 9.53. The number of carbonyl (C=O) groups is 1. The first-order chi connectivity index (χ1) is 6.10. The third-order valence-corrected chi connectivity index (χ3v) is 3.76. The van der Waals surface area contributed by atoms with Crippen LogP contribution in [0, 0.1) is 5.41 Å². The van der Waals surface area contributed by atoms with Crippen LogP contribution in [0.3, 0.4) is 0 Å². The second-order valence-corrected chi connectivity index (χ2v) is 4.80. The number of aliphatic hydroxyl groups excluding tert-OH is 1. The molecule has 0 saturated heterocycles. The average molecular weight is 183 g/mol. The molecule has 0 spiro atoms. The van der Waals surface area contributed by atoms with Gasteiger partial charge in [-0.25, -0.2) is 0 Å². The maximum atomic E-state index is 11.0. The molecule has 74 valence electrons. The quantitative estimate of drug-likeness (QED) is 0.666. The van der Waals surface area contributed by atoms with Gasteiger partial charge in [-0.15, -0.1) is 0 Å². The summed E-state index contributed by atoms with van der Waals surface area (Å²) in [6.07, 6.45) is 5.23. The standard InChI is InChI=1S/C10H17NO2/c1-8(13)11-10-4-2-9(6-10,7-12)3-5-10/h12H,2-7H2,1H3,(H,11,13). The Morgan fingerprint density at radius 3 is 2.38 bits per heavy atom. The summed E-state index contributed by atoms with van der Waals surface area (Å²) in [5.41, 5.74) is 0.178. The van der Waals surface area contributed by atoms with Gasteiger partial charge in [0.25, 0.3) is 0 Å². The minimum absolute atomic E-state index is 0.0363. The smallest absolute Gasteiger partial charge is 0.217 e. The van der Waals surface area contributed by atoms with E-state index in [-0.39, 0.29) is 23.5 Å². The number of carbonyl (C=O) groups excluding carboxylic acids is 1. The highest BCUT2D eigenvalue weighted by Gasteiger charge is 2.54. The SMILES string of the molecule is CC(=O)NC12CCC(CO)(CC1)C2. The number of aliphatic hydroxyl groups is 1. The van der Waals surface area contributed by atoms with E-state index in [1.54, 1.807) is 6.92 Å². The Kier molecular flexibility index (Phi) is 1.88. The van der Waals surface area contributed by atoms with Gasteiger partial charge in [0.15, 0.2) is 0 Å². The molecule has 0 unspecified atom stereocenters. The van der Waals surface area contributed by atoms with Crippen LogP contribution >= 0.6 is 0 Å². The van der Waals surface area contributed by atoms with Crippen molar-refractivity contribution in [2.24, 2.45) is 5.41 Å². The zero-order valence-electron chi connectivity index (χ0n) is 8.10. The van der Waals surface area contributed by atoms with E-state index in [0.717, 1.165) is 32.1 Å². The molecule has 0 aromatic carbocycles. The van der Waals surface area contributed by atoms with Crippen LogP contribution < -0.4 is 5.32 Å². The summed E-state index contributed by atoms with van der Waals surface area (Å²) < 4.78 is 0. The first kappa shape index (κ1) is 9.00. The van der Waals surface area contributed by atoms with Crippen molar-refractivity contribution in [1.82, 2.24) is 5.32 Å². The third kappa shape index (κ3) is 1.35. The molecule has 0 heterocycles. The van der Waals surface area contributed by atoms with Gasteiger partial charge in [-0.3, -0.25) is 4.79 Å². The Hall–Kier alpha value is -0.570. The van der Waals surface area contributed by atoms with Gasteiger partial charge in [0.05, 0.1) is 0 Å². The monoisotopic (exact) mass is 183 g/mol. The van der Waals surface area contributed by atoms with Crippen LogP contribution in [0.4, 0.5) is 0 Å². The summed E-state index contributed by atoms with van der Waals surface area (Å²) in [5, 5.41) is 12.3. The fourth-order valence-corrected chi connectivity index (χ4v) is 3.09. The molecule has 13 heavy (non-hydrogen) atoms. The van der Waals surface area contributed by atoms with Gasteiger partial charge in [0, 0.05) is 19.1 Å². The van der Waals surface area contributed by atoms with Gasteiger partial charge >= 0.3 is 0 Å². The minimum atomic E-state index is 0.0363. The molecule has 3 nitrogen and oxygen atoms in total. The molecule has 2 bridgehead atoms. The van der Waals surface area contributed by atoms with Crippen LogP contribution in [0.5, 0.6) is 0 Å². The van der Waals surface area contributed by atoms with Gasteiger partial charge < -0.3 is 10.4 Å². The van der Waals surface area contributed by atoms with E-state index in [4.69, 9.17) is 0 Å². The summed E-state index contributed by atoms with van der Waals surface area (Å²) in [5.74, 6) is 0.0654. The number of hydrogen-bond acceptors (Lipinski definition) is 2. The molecule has 2 fully saturated rings. The van der Waals surface area contributed by atoms with Crippen molar-refractivity contribution in [3.63, 3.8) is 0 Å². The summed E-state index contributed by atoms with van der Waals surface area (Å²) in [4.78, 5) is 11.0. The Balaban J connectivity index is 2.09. The van der Waals surface area contributed by atoms with Gasteiger partial charge in [-0.05, 0) is 37.5 Å². The van der Waals surface area contributed by atoms with E-state index in [9.17, 15) is 9.90 Å². The van der Waals surface area contributed by atoms with Crippen LogP contribution in [0.2, 0.25) is 0 Å². The molecular weight excluding hydrogens is 166 g/mol. The summed E-state index contributed by atoms with van der Waals surface area (Å²) >= 11 is 0. The van der Waals surface area contributed by atoms with Gasteiger partial charge in [-0.2, -0.15) is 0 Å². The highest BCUT2D eigenvalue weighted by molar-refractivity contribution is 5.74. The molecule has 2 aliphatic carbocycles. The summed E-state index contributed by atoms with van der Waals surface area (Å²) in [6, 6.07) is 0. The molecule has 0 aromatic heterocycles. The maximum Gasteiger partial charge on any atom is 0.217 e. The largest absolute Gasteiger partial charge is 0.396 e. The molecule has 0 atom stereocenters. The van der Waals surface area contributed by atoms with E-state index >= 15 is 0 Å². The predicted octanol–water partition coefficient (Wildman–Crippen LogP) is 0.818. The molecule has 1 amide bonds. The van der Waals surface area contributed by atoms with Crippen molar-refractivity contribution in [2.45, 2.75) is 44.6 Å². The Morgan fingerprint density at radius 1 is 1.38 bits per heavy atom. The van der Waals surface area contributed by atoms with Crippen LogP contribution in [-0.2, 0) is 4.79 Å². The lowest BCUT2D eigenvalue weighted by Crippen LogP contribution is -2.43. The second-order valence-electron chi connectivity index (χ2n) is 4.80. The van der Waals surface area contributed by atoms with Crippen molar-refractivity contribution >= 4 is 5.91 Å². The molecule has 0 aliphatic heterocycles. The highest BCUT2D eigenvalue weighted by atomic mass is 16.3. The van der Waals surface area contributed by atoms with Gasteiger partial charge in [-0.1, -0.05) is 0 Å². The number of amides is 1. The molecule has 2 saturated carbocycles. The molecule has 2 aliphatic rings. The molecule has 0 radical (unpaired) electrons. The lowest BCUT2D eigenvalue weighted by atomic mass is 9.85. The summed E-state index contributed by atoms with van der Waals surface area (Å²) in [6.45, 7) is 1.86. The van der Waals surface area contributed by atoms with E-state index in [1.807, 2.05) is 0 Å². The van der Waals surface area contributed by atoms with Crippen LogP contribution in [-0.4, -0.2) is 23.2 Å². The normalized spacial score (nSPS) is 42.3. The Labute approximate surface area is 78.5 Å². The van der Waals surface area contributed by atoms with E-state index in [1.165, 1.54) is 0 Å². The number of nitrogens with one attached hydrogen (secondary N) is 1. The number of rotatable bonds is 2. The highest BCUT2D eigenvalue weighted by Crippen LogP contribution is 2.55. The van der Waals surface area contributed by atoms with Crippen molar-refractivity contribution < 1.29 is 9.90 Å². The van der Waals surface area contributed by atoms with Crippen LogP contribution in [0.25, 0.3) is 0 Å². The topological polar surface area (TPSA) is 49.3 Å². The molecular formula is C10H17NO2. The fourth-order valence-electron chi connectivity index (χ4n) is 3.09. The van der Waals surface area contributed by atoms with Crippen molar-refractivity contribution in [2.75, 3.05) is 6.61 Å². The predicted molar refractivity (Wildman–Crippen MR) is 49.2 cm³/mol. The van der Waals surface area contributed by atoms with Crippen molar-refractivity contribution in [3.8, 4) is 0 Å². The first-order valence-electron chi connectivity index (χ1n) is 5.00. The Morgan fingerprint density at radius 2 is 2.00 bits per heavy atom. The molecule has 3 heteroatoms. The fraction of sp³-hybridized carbons (Fsp3) is 0.900. The first-order valence-corrected chi connectivity index (χ1v) is 5.00. The van der Waals surface area contributed by atoms with Gasteiger partial charge in [0.2, 0.25) is 5.91 Å². The third-order valence-electron chi connectivity index (χ3n) is 3.76. The molecule has 2 rings (SSSR count). The zero-order valence-corrected chi connectivity index (χ0v) is 8.10. The molecule has 2 N–H and O–H groups in total. The number of hydrogen-bond donors (Lipinski definition) is 2.